The normalized spacial score (nSPS) is 13.4. The van der Waals surface area contributed by atoms with Crippen molar-refractivity contribution < 1.29 is 4.79 Å². The van der Waals surface area contributed by atoms with Crippen molar-refractivity contribution >= 4 is 5.91 Å². The SMILES string of the molecule is CCCCCCCCCCCCCCCCCCCC(=O)NC(C)(CC)NCC. The summed E-state index contributed by atoms with van der Waals surface area (Å²) in [5.74, 6) is 0.191. The molecule has 0 aromatic carbocycles. The van der Waals surface area contributed by atoms with Gasteiger partial charge in [0.1, 0.15) is 0 Å². The third-order valence-corrected chi connectivity index (χ3v) is 6.20. The smallest absolute Gasteiger partial charge is 0.221 e. The lowest BCUT2D eigenvalue weighted by atomic mass is 10.0. The van der Waals surface area contributed by atoms with E-state index in [4.69, 9.17) is 0 Å². The van der Waals surface area contributed by atoms with Gasteiger partial charge in [0.2, 0.25) is 5.91 Å². The van der Waals surface area contributed by atoms with Gasteiger partial charge in [-0.1, -0.05) is 124 Å². The summed E-state index contributed by atoms with van der Waals surface area (Å²) >= 11 is 0. The van der Waals surface area contributed by atoms with E-state index in [2.05, 4.69) is 38.3 Å². The molecule has 0 saturated heterocycles. The van der Waals surface area contributed by atoms with Crippen LogP contribution in [-0.4, -0.2) is 18.1 Å². The number of rotatable bonds is 22. The van der Waals surface area contributed by atoms with Gasteiger partial charge in [0.15, 0.2) is 0 Å². The summed E-state index contributed by atoms with van der Waals surface area (Å²) in [5.41, 5.74) is -0.250. The Morgan fingerprint density at radius 2 is 1.00 bits per heavy atom. The standard InChI is InChI=1S/C26H54N2O/c1-5-8-9-10-11-12-13-14-15-16-17-18-19-20-21-22-23-24-25(29)28-26(4,6-2)27-7-3/h27H,5-24H2,1-4H3,(H,28,29). The second kappa shape index (κ2) is 20.7. The first-order valence-electron chi connectivity index (χ1n) is 13.1. The van der Waals surface area contributed by atoms with E-state index in [1.165, 1.54) is 103 Å². The third-order valence-electron chi connectivity index (χ3n) is 6.20. The Hall–Kier alpha value is -0.570. The molecule has 0 rings (SSSR count). The number of amides is 1. The van der Waals surface area contributed by atoms with E-state index in [1.807, 2.05) is 0 Å². The predicted octanol–water partition coefficient (Wildman–Crippen LogP) is 7.88. The summed E-state index contributed by atoms with van der Waals surface area (Å²) in [5, 5.41) is 6.51. The van der Waals surface area contributed by atoms with Crippen LogP contribution < -0.4 is 10.6 Å². The summed E-state index contributed by atoms with van der Waals surface area (Å²) < 4.78 is 0. The fraction of sp³-hybridized carbons (Fsp3) is 0.962. The molecule has 0 radical (unpaired) electrons. The van der Waals surface area contributed by atoms with E-state index in [0.717, 1.165) is 19.4 Å². The van der Waals surface area contributed by atoms with E-state index in [0.29, 0.717) is 6.42 Å². The van der Waals surface area contributed by atoms with Gasteiger partial charge >= 0.3 is 0 Å². The average molecular weight is 411 g/mol. The Morgan fingerprint density at radius 1 is 0.621 bits per heavy atom. The maximum Gasteiger partial charge on any atom is 0.221 e. The van der Waals surface area contributed by atoms with Crippen molar-refractivity contribution in [3.63, 3.8) is 0 Å². The minimum atomic E-state index is -0.250. The third kappa shape index (κ3) is 19.2. The van der Waals surface area contributed by atoms with Crippen LogP contribution >= 0.6 is 0 Å². The molecule has 29 heavy (non-hydrogen) atoms. The molecule has 0 aliphatic carbocycles. The minimum Gasteiger partial charge on any atom is -0.338 e. The van der Waals surface area contributed by atoms with Gasteiger partial charge in [0.25, 0.3) is 0 Å². The Bertz CT molecular complexity index is 359. The molecule has 3 heteroatoms. The van der Waals surface area contributed by atoms with Gasteiger partial charge in [-0.15, -0.1) is 0 Å². The minimum absolute atomic E-state index is 0.191. The summed E-state index contributed by atoms with van der Waals surface area (Å²) in [6.45, 7) is 9.43. The van der Waals surface area contributed by atoms with Crippen LogP contribution in [0.3, 0.4) is 0 Å². The molecule has 0 aromatic rings. The molecule has 3 nitrogen and oxygen atoms in total. The number of carbonyl (C=O) groups is 1. The Balaban J connectivity index is 3.30. The molecule has 0 fully saturated rings. The molecule has 0 aliphatic heterocycles. The molecule has 174 valence electrons. The van der Waals surface area contributed by atoms with Gasteiger partial charge in [0.05, 0.1) is 5.66 Å². The lowest BCUT2D eigenvalue weighted by Crippen LogP contribution is -2.56. The Kier molecular flexibility index (Phi) is 20.3. The van der Waals surface area contributed by atoms with Crippen LogP contribution in [0, 0.1) is 0 Å². The molecular formula is C26H54N2O. The maximum atomic E-state index is 12.1. The van der Waals surface area contributed by atoms with Gasteiger partial charge in [-0.25, -0.2) is 0 Å². The Labute approximate surface area is 183 Å². The molecule has 0 aromatic heterocycles. The summed E-state index contributed by atoms with van der Waals surface area (Å²) in [4.78, 5) is 12.1. The lowest BCUT2D eigenvalue weighted by Gasteiger charge is -2.30. The fourth-order valence-corrected chi connectivity index (χ4v) is 4.03. The first-order valence-corrected chi connectivity index (χ1v) is 13.1. The number of hydrogen-bond donors (Lipinski definition) is 2. The number of nitrogens with one attached hydrogen (secondary N) is 2. The van der Waals surface area contributed by atoms with E-state index in [1.54, 1.807) is 0 Å². The van der Waals surface area contributed by atoms with Crippen molar-refractivity contribution in [3.05, 3.63) is 0 Å². The topological polar surface area (TPSA) is 41.1 Å². The van der Waals surface area contributed by atoms with E-state index in [-0.39, 0.29) is 11.6 Å². The highest BCUT2D eigenvalue weighted by Crippen LogP contribution is 2.14. The van der Waals surface area contributed by atoms with Gasteiger partial charge < -0.3 is 5.32 Å². The second-order valence-corrected chi connectivity index (χ2v) is 9.17. The van der Waals surface area contributed by atoms with Gasteiger partial charge in [-0.2, -0.15) is 0 Å². The number of hydrogen-bond acceptors (Lipinski definition) is 2. The Morgan fingerprint density at radius 3 is 1.34 bits per heavy atom. The number of carbonyl (C=O) groups excluding carboxylic acids is 1. The predicted molar refractivity (Wildman–Crippen MR) is 129 cm³/mol. The van der Waals surface area contributed by atoms with Crippen molar-refractivity contribution in [1.29, 1.82) is 0 Å². The zero-order valence-electron chi connectivity index (χ0n) is 20.6. The molecule has 2 N–H and O–H groups in total. The summed E-state index contributed by atoms with van der Waals surface area (Å²) in [7, 11) is 0. The van der Waals surface area contributed by atoms with E-state index < -0.39 is 0 Å². The molecule has 0 aliphatic rings. The lowest BCUT2D eigenvalue weighted by molar-refractivity contribution is -0.123. The van der Waals surface area contributed by atoms with Crippen LogP contribution in [0.2, 0.25) is 0 Å². The average Bonchev–Trinajstić information content (AvgIpc) is 2.70. The van der Waals surface area contributed by atoms with E-state index >= 15 is 0 Å². The molecule has 1 unspecified atom stereocenters. The molecule has 0 saturated carbocycles. The highest BCUT2D eigenvalue weighted by molar-refractivity contribution is 5.76. The number of unbranched alkanes of at least 4 members (excludes halogenated alkanes) is 16. The van der Waals surface area contributed by atoms with Crippen LogP contribution in [0.4, 0.5) is 0 Å². The second-order valence-electron chi connectivity index (χ2n) is 9.17. The highest BCUT2D eigenvalue weighted by Gasteiger charge is 2.21. The van der Waals surface area contributed by atoms with Gasteiger partial charge in [0, 0.05) is 6.42 Å². The van der Waals surface area contributed by atoms with Crippen molar-refractivity contribution in [3.8, 4) is 0 Å². The van der Waals surface area contributed by atoms with Crippen LogP contribution in [-0.2, 0) is 4.79 Å². The molecule has 0 bridgehead atoms. The maximum absolute atomic E-state index is 12.1. The van der Waals surface area contributed by atoms with Crippen LogP contribution in [0.25, 0.3) is 0 Å². The molecule has 1 amide bonds. The zero-order chi connectivity index (χ0) is 21.6. The largest absolute Gasteiger partial charge is 0.338 e. The van der Waals surface area contributed by atoms with Gasteiger partial charge in [-0.05, 0) is 26.3 Å². The van der Waals surface area contributed by atoms with E-state index in [9.17, 15) is 4.79 Å². The zero-order valence-corrected chi connectivity index (χ0v) is 20.6. The van der Waals surface area contributed by atoms with Gasteiger partial charge in [-0.3, -0.25) is 10.1 Å². The van der Waals surface area contributed by atoms with Crippen molar-refractivity contribution in [1.82, 2.24) is 10.6 Å². The molecule has 0 spiro atoms. The van der Waals surface area contributed by atoms with Crippen molar-refractivity contribution in [2.45, 2.75) is 155 Å². The molecule has 1 atom stereocenters. The first-order chi connectivity index (χ1) is 14.1. The molecule has 0 heterocycles. The van der Waals surface area contributed by atoms with Crippen LogP contribution in [0.5, 0.6) is 0 Å². The van der Waals surface area contributed by atoms with Crippen LogP contribution in [0.1, 0.15) is 150 Å². The monoisotopic (exact) mass is 410 g/mol. The van der Waals surface area contributed by atoms with Crippen LogP contribution in [0.15, 0.2) is 0 Å². The quantitative estimate of drug-likeness (QED) is 0.141. The molecular weight excluding hydrogens is 356 g/mol. The summed E-state index contributed by atoms with van der Waals surface area (Å²) in [6, 6.07) is 0. The summed E-state index contributed by atoms with van der Waals surface area (Å²) in [6.07, 6.45) is 24.9. The first kappa shape index (κ1) is 28.4. The van der Waals surface area contributed by atoms with Crippen molar-refractivity contribution in [2.75, 3.05) is 6.54 Å². The highest BCUT2D eigenvalue weighted by atomic mass is 16.1. The fourth-order valence-electron chi connectivity index (χ4n) is 4.03. The van der Waals surface area contributed by atoms with Crippen molar-refractivity contribution in [2.24, 2.45) is 0 Å².